The van der Waals surface area contributed by atoms with E-state index >= 15 is 0 Å². The Labute approximate surface area is 171 Å². The zero-order valence-electron chi connectivity index (χ0n) is 15.0. The highest BCUT2D eigenvalue weighted by molar-refractivity contribution is 7.09. The van der Waals surface area contributed by atoms with Crippen LogP contribution in [-0.2, 0) is 17.8 Å². The molecule has 144 valence electrons. The number of thiazole rings is 1. The first kappa shape index (κ1) is 22.9. The molecule has 0 unspecified atom stereocenters. The van der Waals surface area contributed by atoms with E-state index < -0.39 is 0 Å². The molecule has 0 saturated carbocycles. The van der Waals surface area contributed by atoms with Gasteiger partial charge >= 0.3 is 0 Å². The first-order valence-corrected chi connectivity index (χ1v) is 9.23. The molecular weight excluding hydrogens is 391 g/mol. The van der Waals surface area contributed by atoms with Crippen LogP contribution >= 0.6 is 36.2 Å². The molecule has 1 amide bonds. The van der Waals surface area contributed by atoms with E-state index in [0.29, 0.717) is 12.5 Å². The maximum Gasteiger partial charge on any atom is 0.231 e. The van der Waals surface area contributed by atoms with Gasteiger partial charge in [-0.15, -0.1) is 36.2 Å². The second kappa shape index (κ2) is 10.8. The number of anilines is 1. The van der Waals surface area contributed by atoms with E-state index in [0.717, 1.165) is 48.1 Å². The standard InChI is InChI=1S/C18H24N4OS.2ClH/c1-13-5-3-4-6-16(13)21-17(23)9-18-20-15(12-24-18)11-22-8-7-19-10-14(22)2;;/h3-6,12,14,19H,7-11H2,1-2H3,(H,21,23);2*1H/t14-;;/m0../s1. The molecule has 2 N–H and O–H groups in total. The molecule has 1 aliphatic heterocycles. The highest BCUT2D eigenvalue weighted by atomic mass is 35.5. The Morgan fingerprint density at radius 1 is 1.38 bits per heavy atom. The van der Waals surface area contributed by atoms with Gasteiger partial charge < -0.3 is 10.6 Å². The number of amides is 1. The van der Waals surface area contributed by atoms with Crippen molar-refractivity contribution >= 4 is 47.7 Å². The molecule has 0 aliphatic carbocycles. The van der Waals surface area contributed by atoms with E-state index in [4.69, 9.17) is 0 Å². The number of para-hydroxylation sites is 1. The Morgan fingerprint density at radius 2 is 2.15 bits per heavy atom. The Kier molecular flexibility index (Phi) is 9.54. The van der Waals surface area contributed by atoms with E-state index in [1.54, 1.807) is 11.3 Å². The first-order valence-electron chi connectivity index (χ1n) is 8.35. The molecule has 26 heavy (non-hydrogen) atoms. The lowest BCUT2D eigenvalue weighted by Gasteiger charge is -2.33. The molecule has 0 radical (unpaired) electrons. The smallest absolute Gasteiger partial charge is 0.231 e. The van der Waals surface area contributed by atoms with Gasteiger partial charge in [0.25, 0.3) is 0 Å². The van der Waals surface area contributed by atoms with Crippen LogP contribution in [0.2, 0.25) is 0 Å². The van der Waals surface area contributed by atoms with Crippen molar-refractivity contribution in [2.24, 2.45) is 0 Å². The normalized spacial score (nSPS) is 17.1. The van der Waals surface area contributed by atoms with Crippen molar-refractivity contribution in [3.8, 4) is 0 Å². The molecule has 2 heterocycles. The minimum absolute atomic E-state index is 0. The van der Waals surface area contributed by atoms with Crippen LogP contribution in [0.4, 0.5) is 5.69 Å². The van der Waals surface area contributed by atoms with Crippen LogP contribution in [0, 0.1) is 6.92 Å². The monoisotopic (exact) mass is 416 g/mol. The molecule has 0 spiro atoms. The predicted octanol–water partition coefficient (Wildman–Crippen LogP) is 3.27. The summed E-state index contributed by atoms with van der Waals surface area (Å²) in [6.07, 6.45) is 0.329. The number of halogens is 2. The summed E-state index contributed by atoms with van der Waals surface area (Å²) in [6, 6.07) is 8.33. The van der Waals surface area contributed by atoms with Crippen molar-refractivity contribution in [2.75, 3.05) is 25.0 Å². The SMILES string of the molecule is Cc1ccccc1NC(=O)Cc1nc(CN2CCNC[C@@H]2C)cs1.Cl.Cl. The van der Waals surface area contributed by atoms with Crippen molar-refractivity contribution in [1.82, 2.24) is 15.2 Å². The molecule has 2 aromatic rings. The number of benzene rings is 1. The number of piperazine rings is 1. The first-order chi connectivity index (χ1) is 11.6. The maximum atomic E-state index is 12.2. The van der Waals surface area contributed by atoms with Crippen LogP contribution in [-0.4, -0.2) is 41.5 Å². The minimum Gasteiger partial charge on any atom is -0.325 e. The third-order valence-corrected chi connectivity index (χ3v) is 5.23. The molecule has 8 heteroatoms. The predicted molar refractivity (Wildman–Crippen MR) is 113 cm³/mol. The summed E-state index contributed by atoms with van der Waals surface area (Å²) in [5, 5.41) is 9.31. The Balaban J connectivity index is 0.00000169. The average molecular weight is 417 g/mol. The maximum absolute atomic E-state index is 12.2. The second-order valence-corrected chi connectivity index (χ2v) is 7.24. The average Bonchev–Trinajstić information content (AvgIpc) is 2.99. The molecule has 1 aromatic heterocycles. The molecule has 1 fully saturated rings. The number of nitrogens with one attached hydrogen (secondary N) is 2. The zero-order chi connectivity index (χ0) is 16.9. The van der Waals surface area contributed by atoms with Crippen molar-refractivity contribution in [1.29, 1.82) is 0 Å². The van der Waals surface area contributed by atoms with Gasteiger partial charge in [0.05, 0.1) is 12.1 Å². The fourth-order valence-corrected chi connectivity index (χ4v) is 3.66. The summed E-state index contributed by atoms with van der Waals surface area (Å²) in [5.74, 6) is -0.0132. The quantitative estimate of drug-likeness (QED) is 0.784. The van der Waals surface area contributed by atoms with E-state index in [-0.39, 0.29) is 30.7 Å². The highest BCUT2D eigenvalue weighted by Gasteiger charge is 2.19. The van der Waals surface area contributed by atoms with Crippen molar-refractivity contribution < 1.29 is 4.79 Å². The summed E-state index contributed by atoms with van der Waals surface area (Å²) in [4.78, 5) is 19.3. The molecule has 1 aromatic carbocycles. The topological polar surface area (TPSA) is 57.3 Å². The van der Waals surface area contributed by atoms with Crippen LogP contribution in [0.25, 0.3) is 0 Å². The van der Waals surface area contributed by atoms with Gasteiger partial charge in [-0.1, -0.05) is 18.2 Å². The largest absolute Gasteiger partial charge is 0.325 e. The van der Waals surface area contributed by atoms with E-state index in [1.807, 2.05) is 31.2 Å². The number of hydrogen-bond donors (Lipinski definition) is 2. The molecule has 5 nitrogen and oxygen atoms in total. The lowest BCUT2D eigenvalue weighted by atomic mass is 10.2. The highest BCUT2D eigenvalue weighted by Crippen LogP contribution is 2.17. The van der Waals surface area contributed by atoms with Crippen LogP contribution in [0.5, 0.6) is 0 Å². The zero-order valence-corrected chi connectivity index (χ0v) is 17.5. The third kappa shape index (κ3) is 6.21. The fourth-order valence-electron chi connectivity index (χ4n) is 2.87. The van der Waals surface area contributed by atoms with Gasteiger partial charge in [-0.25, -0.2) is 4.98 Å². The number of carbonyl (C=O) groups is 1. The molecular formula is C18H26Cl2N4OS. The van der Waals surface area contributed by atoms with Gasteiger partial charge in [0.2, 0.25) is 5.91 Å². The van der Waals surface area contributed by atoms with E-state index in [9.17, 15) is 4.79 Å². The Bertz CT molecular complexity index is 710. The number of nitrogens with zero attached hydrogens (tertiary/aromatic N) is 2. The summed E-state index contributed by atoms with van der Waals surface area (Å²) >= 11 is 1.57. The second-order valence-electron chi connectivity index (χ2n) is 6.30. The Morgan fingerprint density at radius 3 is 2.88 bits per heavy atom. The molecule has 1 aliphatic rings. The van der Waals surface area contributed by atoms with Crippen LogP contribution in [0.15, 0.2) is 29.6 Å². The van der Waals surface area contributed by atoms with Gasteiger partial charge in [-0.05, 0) is 25.5 Å². The van der Waals surface area contributed by atoms with E-state index in [1.165, 1.54) is 0 Å². The van der Waals surface area contributed by atoms with Gasteiger partial charge in [-0.3, -0.25) is 9.69 Å². The minimum atomic E-state index is -0.0132. The fraction of sp³-hybridized carbons (Fsp3) is 0.444. The number of rotatable bonds is 5. The van der Waals surface area contributed by atoms with Gasteiger partial charge in [0.1, 0.15) is 5.01 Å². The summed E-state index contributed by atoms with van der Waals surface area (Å²) in [6.45, 7) is 8.18. The molecule has 1 atom stereocenters. The Hall–Kier alpha value is -1.18. The molecule has 3 rings (SSSR count). The van der Waals surface area contributed by atoms with Crippen LogP contribution < -0.4 is 10.6 Å². The number of aryl methyl sites for hydroxylation is 1. The number of hydrogen-bond acceptors (Lipinski definition) is 5. The molecule has 1 saturated heterocycles. The molecule has 0 bridgehead atoms. The van der Waals surface area contributed by atoms with Gasteiger partial charge in [0, 0.05) is 43.3 Å². The van der Waals surface area contributed by atoms with Crippen LogP contribution in [0.1, 0.15) is 23.2 Å². The van der Waals surface area contributed by atoms with Gasteiger partial charge in [-0.2, -0.15) is 0 Å². The van der Waals surface area contributed by atoms with Crippen molar-refractivity contribution in [3.63, 3.8) is 0 Å². The lowest BCUT2D eigenvalue weighted by molar-refractivity contribution is -0.115. The van der Waals surface area contributed by atoms with Crippen molar-refractivity contribution in [2.45, 2.75) is 32.9 Å². The van der Waals surface area contributed by atoms with E-state index in [2.05, 4.69) is 32.8 Å². The lowest BCUT2D eigenvalue weighted by Crippen LogP contribution is -2.49. The number of aromatic nitrogens is 1. The summed E-state index contributed by atoms with van der Waals surface area (Å²) in [7, 11) is 0. The van der Waals surface area contributed by atoms with Crippen molar-refractivity contribution in [3.05, 3.63) is 45.9 Å². The summed E-state index contributed by atoms with van der Waals surface area (Å²) in [5.41, 5.74) is 3.00. The number of carbonyl (C=O) groups excluding carboxylic acids is 1. The third-order valence-electron chi connectivity index (χ3n) is 4.33. The van der Waals surface area contributed by atoms with Crippen LogP contribution in [0.3, 0.4) is 0 Å². The van der Waals surface area contributed by atoms with Gasteiger partial charge in [0.15, 0.2) is 0 Å². The summed E-state index contributed by atoms with van der Waals surface area (Å²) < 4.78 is 0.